The third kappa shape index (κ3) is 3.83. The summed E-state index contributed by atoms with van der Waals surface area (Å²) in [5.74, 6) is 1.09. The molecule has 0 unspecified atom stereocenters. The molecule has 0 radical (unpaired) electrons. The van der Waals surface area contributed by atoms with Gasteiger partial charge in [0, 0.05) is 28.7 Å². The lowest BCUT2D eigenvalue weighted by Crippen LogP contribution is -2.46. The van der Waals surface area contributed by atoms with E-state index in [4.69, 9.17) is 0 Å². The van der Waals surface area contributed by atoms with E-state index in [-0.39, 0.29) is 0 Å². The van der Waals surface area contributed by atoms with Crippen molar-refractivity contribution in [1.82, 2.24) is 29.8 Å². The molecule has 0 bridgehead atoms. The van der Waals surface area contributed by atoms with Crippen LogP contribution >= 0.6 is 0 Å². The fourth-order valence-corrected chi connectivity index (χ4v) is 6.31. The molecule has 0 amide bonds. The zero-order chi connectivity index (χ0) is 23.2. The normalized spacial score (nSPS) is 19.1. The van der Waals surface area contributed by atoms with Crippen LogP contribution in [0.15, 0.2) is 36.8 Å². The number of pyridine rings is 1. The molecule has 0 saturated carbocycles. The van der Waals surface area contributed by atoms with E-state index >= 15 is 0 Å². The van der Waals surface area contributed by atoms with E-state index < -0.39 is 0 Å². The first-order valence-corrected chi connectivity index (χ1v) is 13.0. The molecule has 2 N–H and O–H groups in total. The summed E-state index contributed by atoms with van der Waals surface area (Å²) in [5, 5.41) is 9.27. The van der Waals surface area contributed by atoms with Crippen LogP contribution in [0.5, 0.6) is 0 Å². The summed E-state index contributed by atoms with van der Waals surface area (Å²) in [6.07, 6.45) is 8.88. The van der Waals surface area contributed by atoms with Gasteiger partial charge in [-0.25, -0.2) is 9.50 Å². The van der Waals surface area contributed by atoms with Crippen molar-refractivity contribution in [2.45, 2.75) is 64.3 Å². The molecule has 2 fully saturated rings. The highest BCUT2D eigenvalue weighted by molar-refractivity contribution is 5.92. The molecule has 34 heavy (non-hydrogen) atoms. The van der Waals surface area contributed by atoms with Crippen LogP contribution in [0.1, 0.15) is 68.1 Å². The van der Waals surface area contributed by atoms with Crippen molar-refractivity contribution >= 4 is 16.6 Å². The topological polar surface area (TPSA) is 61.2 Å². The summed E-state index contributed by atoms with van der Waals surface area (Å²) in [6, 6.07) is 10.2. The molecule has 0 aliphatic carbocycles. The molecule has 4 aromatic rings. The van der Waals surface area contributed by atoms with Crippen LogP contribution in [0.2, 0.25) is 0 Å². The van der Waals surface area contributed by atoms with Crippen molar-refractivity contribution in [1.29, 1.82) is 0 Å². The van der Waals surface area contributed by atoms with Gasteiger partial charge in [0.05, 0.1) is 5.69 Å². The smallest absolute Gasteiger partial charge is 0.158 e. The third-order valence-electron chi connectivity index (χ3n) is 8.11. The molecule has 6 heteroatoms. The highest BCUT2D eigenvalue weighted by atomic mass is 15.3. The first-order valence-electron chi connectivity index (χ1n) is 13.0. The number of aromatic nitrogens is 4. The van der Waals surface area contributed by atoms with Crippen molar-refractivity contribution in [2.24, 2.45) is 0 Å². The van der Waals surface area contributed by atoms with E-state index in [1.807, 2.05) is 4.52 Å². The second-order valence-electron chi connectivity index (χ2n) is 10.6. The van der Waals surface area contributed by atoms with Crippen molar-refractivity contribution in [3.8, 4) is 11.3 Å². The zero-order valence-corrected chi connectivity index (χ0v) is 20.6. The Bertz CT molecular complexity index is 1300. The Morgan fingerprint density at radius 1 is 1.03 bits per heavy atom. The van der Waals surface area contributed by atoms with Gasteiger partial charge in [-0.15, -0.1) is 0 Å². The van der Waals surface area contributed by atoms with E-state index in [2.05, 4.69) is 76.5 Å². The largest absolute Gasteiger partial charge is 0.354 e. The van der Waals surface area contributed by atoms with Crippen molar-refractivity contribution < 1.29 is 0 Å². The van der Waals surface area contributed by atoms with Gasteiger partial charge in [0.15, 0.2) is 5.65 Å². The number of piperidine rings is 2. The molecular formula is C28H36N6. The van der Waals surface area contributed by atoms with E-state index in [9.17, 15) is 0 Å². The molecule has 3 aromatic heterocycles. The number of H-pyrrole nitrogens is 1. The van der Waals surface area contributed by atoms with E-state index in [1.54, 1.807) is 6.33 Å². The molecule has 6 nitrogen and oxygen atoms in total. The summed E-state index contributed by atoms with van der Waals surface area (Å²) in [4.78, 5) is 10.9. The van der Waals surface area contributed by atoms with Crippen LogP contribution in [-0.4, -0.2) is 56.7 Å². The van der Waals surface area contributed by atoms with Crippen LogP contribution in [0, 0.1) is 6.92 Å². The van der Waals surface area contributed by atoms with Gasteiger partial charge in [-0.3, -0.25) is 0 Å². The number of nitrogens with zero attached hydrogens (tertiary/aromatic N) is 4. The molecule has 178 valence electrons. The molecule has 2 aliphatic heterocycles. The third-order valence-corrected chi connectivity index (χ3v) is 8.11. The van der Waals surface area contributed by atoms with E-state index in [1.165, 1.54) is 85.1 Å². The number of rotatable bonds is 4. The van der Waals surface area contributed by atoms with Gasteiger partial charge in [-0.2, -0.15) is 5.10 Å². The first kappa shape index (κ1) is 21.8. The monoisotopic (exact) mass is 456 g/mol. The molecule has 2 aliphatic rings. The maximum Gasteiger partial charge on any atom is 0.158 e. The maximum absolute atomic E-state index is 4.39. The Labute approximate surface area is 201 Å². The highest BCUT2D eigenvalue weighted by Crippen LogP contribution is 2.39. The average Bonchev–Trinajstić information content (AvgIpc) is 3.49. The lowest BCUT2D eigenvalue weighted by molar-refractivity contribution is 0.127. The maximum atomic E-state index is 4.39. The van der Waals surface area contributed by atoms with Gasteiger partial charge in [-0.1, -0.05) is 19.9 Å². The standard InChI is InChI=1S/C28H36N6/c1-18(2)26-24-15-21(20-8-12-33(13-9-20)23-6-10-29-11-7-23)4-5-25(24)32-27(26)22-14-19(3)28-30-17-31-34(28)16-22/h4-5,14-18,20,23,29,32H,6-13H2,1-3H3. The van der Waals surface area contributed by atoms with Gasteiger partial charge >= 0.3 is 0 Å². The number of benzene rings is 1. The fraction of sp³-hybridized carbons (Fsp3) is 0.500. The summed E-state index contributed by atoms with van der Waals surface area (Å²) in [5.41, 5.74) is 8.59. The number of aryl methyl sites for hydroxylation is 1. The first-order chi connectivity index (χ1) is 16.6. The second-order valence-corrected chi connectivity index (χ2v) is 10.6. The predicted octanol–water partition coefficient (Wildman–Crippen LogP) is 5.24. The van der Waals surface area contributed by atoms with Crippen molar-refractivity contribution in [2.75, 3.05) is 26.2 Å². The van der Waals surface area contributed by atoms with Gasteiger partial charge in [0.25, 0.3) is 0 Å². The number of fused-ring (bicyclic) bond motifs is 2. The minimum atomic E-state index is 0.424. The van der Waals surface area contributed by atoms with Crippen LogP contribution in [0.4, 0.5) is 0 Å². The summed E-state index contributed by atoms with van der Waals surface area (Å²) in [7, 11) is 0. The second kappa shape index (κ2) is 8.82. The summed E-state index contributed by atoms with van der Waals surface area (Å²) in [6.45, 7) is 11.5. The summed E-state index contributed by atoms with van der Waals surface area (Å²) >= 11 is 0. The SMILES string of the molecule is Cc1cc(-c2[nH]c3ccc(C4CCN(C5CCNCC5)CC4)cc3c2C(C)C)cn2ncnc12. The summed E-state index contributed by atoms with van der Waals surface area (Å²) < 4.78 is 1.89. The van der Waals surface area contributed by atoms with E-state index in [0.29, 0.717) is 11.8 Å². The highest BCUT2D eigenvalue weighted by Gasteiger charge is 2.27. The minimum Gasteiger partial charge on any atom is -0.354 e. The number of nitrogens with one attached hydrogen (secondary N) is 2. The molecule has 1 aromatic carbocycles. The zero-order valence-electron chi connectivity index (χ0n) is 20.6. The quantitative estimate of drug-likeness (QED) is 0.441. The molecule has 2 saturated heterocycles. The molecular weight excluding hydrogens is 420 g/mol. The van der Waals surface area contributed by atoms with E-state index in [0.717, 1.165) is 17.3 Å². The number of hydrogen-bond donors (Lipinski definition) is 2. The van der Waals surface area contributed by atoms with Crippen LogP contribution in [0.3, 0.4) is 0 Å². The fourth-order valence-electron chi connectivity index (χ4n) is 6.31. The number of aromatic amines is 1. The molecule has 0 spiro atoms. The molecule has 0 atom stereocenters. The Balaban J connectivity index is 1.32. The minimum absolute atomic E-state index is 0.424. The molecule has 5 heterocycles. The van der Waals surface area contributed by atoms with Gasteiger partial charge in [0.1, 0.15) is 6.33 Å². The van der Waals surface area contributed by atoms with Crippen molar-refractivity contribution in [3.05, 3.63) is 53.5 Å². The Hall–Kier alpha value is -2.70. The number of hydrogen-bond acceptors (Lipinski definition) is 4. The van der Waals surface area contributed by atoms with Crippen LogP contribution in [-0.2, 0) is 0 Å². The van der Waals surface area contributed by atoms with Crippen molar-refractivity contribution in [3.63, 3.8) is 0 Å². The van der Waals surface area contributed by atoms with Gasteiger partial charge < -0.3 is 15.2 Å². The lowest BCUT2D eigenvalue weighted by atomic mass is 9.86. The van der Waals surface area contributed by atoms with Gasteiger partial charge in [0.2, 0.25) is 0 Å². The Morgan fingerprint density at radius 2 is 1.82 bits per heavy atom. The molecule has 6 rings (SSSR count). The van der Waals surface area contributed by atoms with Crippen LogP contribution < -0.4 is 5.32 Å². The lowest BCUT2D eigenvalue weighted by Gasteiger charge is -2.39. The van der Waals surface area contributed by atoms with Crippen LogP contribution in [0.25, 0.3) is 27.8 Å². The average molecular weight is 457 g/mol. The Kier molecular flexibility index (Phi) is 5.66. The predicted molar refractivity (Wildman–Crippen MR) is 139 cm³/mol. The van der Waals surface area contributed by atoms with Gasteiger partial charge in [-0.05, 0) is 106 Å². The number of likely N-dealkylation sites (tertiary alicyclic amines) is 1. The Morgan fingerprint density at radius 3 is 2.59 bits per heavy atom.